The number of carbonyl (C=O) groups excluding carboxylic acids is 1. The zero-order valence-corrected chi connectivity index (χ0v) is 17.3. The maximum absolute atomic E-state index is 13.4. The van der Waals surface area contributed by atoms with Crippen LogP contribution in [0.15, 0.2) is 67.0 Å². The van der Waals surface area contributed by atoms with Crippen LogP contribution >= 0.6 is 0 Å². The van der Waals surface area contributed by atoms with Gasteiger partial charge in [0.2, 0.25) is 5.88 Å². The fourth-order valence-electron chi connectivity index (χ4n) is 3.35. The number of aromatic nitrogens is 2. The van der Waals surface area contributed by atoms with Crippen molar-refractivity contribution in [1.29, 1.82) is 0 Å². The van der Waals surface area contributed by atoms with E-state index in [1.807, 2.05) is 0 Å². The second kappa shape index (κ2) is 8.87. The predicted octanol–water partition coefficient (Wildman–Crippen LogP) is 5.49. The quantitative estimate of drug-likeness (QED) is 0.417. The van der Waals surface area contributed by atoms with Crippen LogP contribution in [0.3, 0.4) is 0 Å². The van der Waals surface area contributed by atoms with Crippen LogP contribution < -0.4 is 10.1 Å². The average Bonchev–Trinajstić information content (AvgIpc) is 2.79. The number of benzene rings is 3. The summed E-state index contributed by atoms with van der Waals surface area (Å²) < 4.78 is 46.0. The molecule has 0 bridgehead atoms. The predicted molar refractivity (Wildman–Crippen MR) is 116 cm³/mol. The van der Waals surface area contributed by atoms with Crippen LogP contribution in [-0.2, 0) is 12.8 Å². The Hall–Kier alpha value is -3.98. The lowest BCUT2D eigenvalue weighted by Gasteiger charge is -2.15. The Morgan fingerprint density at radius 1 is 1.06 bits per heavy atom. The fourth-order valence-corrected chi connectivity index (χ4v) is 3.35. The van der Waals surface area contributed by atoms with Gasteiger partial charge < -0.3 is 15.2 Å². The van der Waals surface area contributed by atoms with Gasteiger partial charge in [-0.1, -0.05) is 23.8 Å². The first kappa shape index (κ1) is 22.2. The zero-order chi connectivity index (χ0) is 23.6. The Labute approximate surface area is 186 Å². The number of hydrogen-bond donors (Lipinski definition) is 2. The molecule has 0 aliphatic rings. The highest BCUT2D eigenvalue weighted by atomic mass is 19.4. The van der Waals surface area contributed by atoms with Gasteiger partial charge in [0.1, 0.15) is 12.1 Å². The molecule has 0 atom stereocenters. The van der Waals surface area contributed by atoms with Gasteiger partial charge in [0, 0.05) is 11.6 Å². The van der Waals surface area contributed by atoms with E-state index in [0.717, 1.165) is 6.07 Å². The third kappa shape index (κ3) is 4.93. The standard InChI is InChI=1S/C24H18F3N3O3/c1-14-5-8-21(20(9-14)24(25,26)27)30-23(32)19-4-2-3-15-10-17(6-7-18(15)19)33-22-11-16(12-31)28-13-29-22/h2-11,13,31H,12H2,1H3,(H,30,32). The van der Waals surface area contributed by atoms with Crippen LogP contribution in [0.2, 0.25) is 0 Å². The summed E-state index contributed by atoms with van der Waals surface area (Å²) in [5, 5.41) is 12.8. The van der Waals surface area contributed by atoms with Crippen LogP contribution in [0, 0.1) is 6.92 Å². The minimum absolute atomic E-state index is 0.220. The minimum atomic E-state index is -4.60. The van der Waals surface area contributed by atoms with Crippen molar-refractivity contribution in [1.82, 2.24) is 9.97 Å². The lowest BCUT2D eigenvalue weighted by Crippen LogP contribution is -2.17. The molecule has 0 saturated heterocycles. The number of carbonyl (C=O) groups is 1. The molecule has 1 heterocycles. The van der Waals surface area contributed by atoms with Gasteiger partial charge in [-0.3, -0.25) is 4.79 Å². The van der Waals surface area contributed by atoms with Crippen molar-refractivity contribution in [3.63, 3.8) is 0 Å². The molecular weight excluding hydrogens is 435 g/mol. The molecule has 0 aliphatic heterocycles. The number of halogens is 3. The highest BCUT2D eigenvalue weighted by Gasteiger charge is 2.34. The summed E-state index contributed by atoms with van der Waals surface area (Å²) in [5.41, 5.74) is -0.156. The summed E-state index contributed by atoms with van der Waals surface area (Å²) >= 11 is 0. The molecule has 0 unspecified atom stereocenters. The summed E-state index contributed by atoms with van der Waals surface area (Å²) in [4.78, 5) is 20.8. The lowest BCUT2D eigenvalue weighted by molar-refractivity contribution is -0.136. The van der Waals surface area contributed by atoms with Gasteiger partial charge in [0.15, 0.2) is 0 Å². The third-order valence-corrected chi connectivity index (χ3v) is 4.91. The van der Waals surface area contributed by atoms with E-state index >= 15 is 0 Å². The Bertz CT molecular complexity index is 1340. The van der Waals surface area contributed by atoms with E-state index in [1.54, 1.807) is 37.3 Å². The number of amides is 1. The monoisotopic (exact) mass is 453 g/mol. The van der Waals surface area contributed by atoms with E-state index < -0.39 is 17.6 Å². The number of fused-ring (bicyclic) bond motifs is 1. The maximum Gasteiger partial charge on any atom is 0.418 e. The number of aryl methyl sites for hydroxylation is 1. The van der Waals surface area contributed by atoms with Crippen molar-refractivity contribution in [2.75, 3.05) is 5.32 Å². The van der Waals surface area contributed by atoms with Crippen LogP contribution in [0.5, 0.6) is 11.6 Å². The summed E-state index contributed by atoms with van der Waals surface area (Å²) in [6.07, 6.45) is -3.33. The van der Waals surface area contributed by atoms with Gasteiger partial charge in [-0.2, -0.15) is 13.2 Å². The van der Waals surface area contributed by atoms with Crippen LogP contribution in [-0.4, -0.2) is 21.0 Å². The smallest absolute Gasteiger partial charge is 0.418 e. The Balaban J connectivity index is 1.63. The molecule has 9 heteroatoms. The lowest BCUT2D eigenvalue weighted by atomic mass is 10.0. The van der Waals surface area contributed by atoms with Crippen LogP contribution in [0.25, 0.3) is 10.8 Å². The van der Waals surface area contributed by atoms with Gasteiger partial charge in [0.05, 0.1) is 23.6 Å². The Morgan fingerprint density at radius 3 is 2.64 bits per heavy atom. The first-order chi connectivity index (χ1) is 15.7. The summed E-state index contributed by atoms with van der Waals surface area (Å²) in [6, 6.07) is 15.1. The van der Waals surface area contributed by atoms with E-state index in [1.165, 1.54) is 30.6 Å². The molecule has 0 spiro atoms. The number of nitrogens with zero attached hydrogens (tertiary/aromatic N) is 2. The highest BCUT2D eigenvalue weighted by molar-refractivity contribution is 6.13. The molecule has 4 rings (SSSR count). The van der Waals surface area contributed by atoms with E-state index in [2.05, 4.69) is 15.3 Å². The number of aliphatic hydroxyl groups is 1. The fraction of sp³-hybridized carbons (Fsp3) is 0.125. The van der Waals surface area contributed by atoms with Crippen molar-refractivity contribution in [3.05, 3.63) is 89.4 Å². The van der Waals surface area contributed by atoms with Crippen LogP contribution in [0.4, 0.5) is 18.9 Å². The van der Waals surface area contributed by atoms with E-state index in [4.69, 9.17) is 4.74 Å². The molecule has 6 nitrogen and oxygen atoms in total. The second-order valence-corrected chi connectivity index (χ2v) is 7.30. The highest BCUT2D eigenvalue weighted by Crippen LogP contribution is 2.36. The summed E-state index contributed by atoms with van der Waals surface area (Å²) in [7, 11) is 0. The molecule has 4 aromatic rings. The van der Waals surface area contributed by atoms with E-state index in [9.17, 15) is 23.1 Å². The van der Waals surface area contributed by atoms with Crippen molar-refractivity contribution >= 4 is 22.4 Å². The molecule has 3 aromatic carbocycles. The SMILES string of the molecule is Cc1ccc(NC(=O)c2cccc3cc(Oc4cc(CO)ncn4)ccc23)c(C(F)(F)F)c1. The molecule has 0 radical (unpaired) electrons. The van der Waals surface area contributed by atoms with E-state index in [-0.39, 0.29) is 23.7 Å². The molecule has 0 saturated carbocycles. The van der Waals surface area contributed by atoms with Crippen LogP contribution in [0.1, 0.15) is 27.2 Å². The topological polar surface area (TPSA) is 84.3 Å². The normalized spacial score (nSPS) is 11.4. The van der Waals surface area contributed by atoms with Crippen molar-refractivity contribution in [2.45, 2.75) is 19.7 Å². The Kier molecular flexibility index (Phi) is 5.97. The van der Waals surface area contributed by atoms with E-state index in [0.29, 0.717) is 27.8 Å². The largest absolute Gasteiger partial charge is 0.439 e. The molecule has 33 heavy (non-hydrogen) atoms. The number of alkyl halides is 3. The van der Waals surface area contributed by atoms with Gasteiger partial charge in [-0.25, -0.2) is 9.97 Å². The average molecular weight is 453 g/mol. The van der Waals surface area contributed by atoms with Crippen molar-refractivity contribution < 1.29 is 27.8 Å². The molecule has 168 valence electrons. The minimum Gasteiger partial charge on any atom is -0.439 e. The molecule has 1 amide bonds. The number of ether oxygens (including phenoxy) is 1. The summed E-state index contributed by atoms with van der Waals surface area (Å²) in [6.45, 7) is 1.30. The van der Waals surface area contributed by atoms with Crippen molar-refractivity contribution in [3.8, 4) is 11.6 Å². The molecular formula is C24H18F3N3O3. The third-order valence-electron chi connectivity index (χ3n) is 4.91. The first-order valence-electron chi connectivity index (χ1n) is 9.86. The van der Waals surface area contributed by atoms with Gasteiger partial charge in [-0.15, -0.1) is 0 Å². The molecule has 2 N–H and O–H groups in total. The molecule has 1 aromatic heterocycles. The zero-order valence-electron chi connectivity index (χ0n) is 17.3. The number of anilines is 1. The van der Waals surface area contributed by atoms with Gasteiger partial charge in [-0.05, 0) is 54.1 Å². The van der Waals surface area contributed by atoms with Gasteiger partial charge in [0.25, 0.3) is 5.91 Å². The number of aliphatic hydroxyl groups excluding tert-OH is 1. The van der Waals surface area contributed by atoms with Crippen molar-refractivity contribution in [2.24, 2.45) is 0 Å². The second-order valence-electron chi connectivity index (χ2n) is 7.30. The van der Waals surface area contributed by atoms with Gasteiger partial charge >= 0.3 is 6.18 Å². The number of nitrogens with one attached hydrogen (secondary N) is 1. The number of hydrogen-bond acceptors (Lipinski definition) is 5. The molecule has 0 fully saturated rings. The number of rotatable bonds is 5. The molecule has 0 aliphatic carbocycles. The Morgan fingerprint density at radius 2 is 1.88 bits per heavy atom. The first-order valence-corrected chi connectivity index (χ1v) is 9.86. The maximum atomic E-state index is 13.4. The summed E-state index contributed by atoms with van der Waals surface area (Å²) in [5.74, 6) is 0.00824.